The van der Waals surface area contributed by atoms with Crippen LogP contribution in [0.1, 0.15) is 362 Å². The monoisotopic (exact) mass is 1310 g/mol. The van der Waals surface area contributed by atoms with Crippen molar-refractivity contribution in [3.05, 3.63) is 0 Å². The van der Waals surface area contributed by atoms with E-state index in [2.05, 4.69) is 34.6 Å². The number of phosphoric acid groups is 2. The summed E-state index contributed by atoms with van der Waals surface area (Å²) in [5.41, 5.74) is 0. The van der Waals surface area contributed by atoms with Crippen LogP contribution in [0.4, 0.5) is 0 Å². The predicted octanol–water partition coefficient (Wildman–Crippen LogP) is 20.1. The third-order valence-electron chi connectivity index (χ3n) is 16.3. The number of esters is 4. The van der Waals surface area contributed by atoms with Crippen LogP contribution in [0.15, 0.2) is 0 Å². The molecule has 89 heavy (non-hydrogen) atoms. The van der Waals surface area contributed by atoms with Crippen molar-refractivity contribution in [3.8, 4) is 0 Å². The molecule has 5 atom stereocenters. The van der Waals surface area contributed by atoms with Crippen LogP contribution in [0.3, 0.4) is 0 Å². The number of ether oxygens (including phenoxy) is 4. The SMILES string of the molecule is CCCCCCCCCCCCCCCCCC(=O)O[C@H](COC(=O)CCCCCCCCCCCCC(C)C)COP(=O)(O)OC[C@@H](O)COP(=O)(O)OC[C@@H](COC(=O)CCCCCCCCCCCC)OC(=O)CCCCCCCCCCCCC. The van der Waals surface area contributed by atoms with E-state index in [0.717, 1.165) is 95.8 Å². The molecule has 0 rings (SSSR count). The van der Waals surface area contributed by atoms with E-state index in [-0.39, 0.29) is 25.7 Å². The van der Waals surface area contributed by atoms with E-state index >= 15 is 0 Å². The number of hydrogen-bond acceptors (Lipinski definition) is 15. The van der Waals surface area contributed by atoms with Gasteiger partial charge in [-0.25, -0.2) is 9.13 Å². The van der Waals surface area contributed by atoms with Crippen LogP contribution in [0, 0.1) is 5.92 Å². The maximum atomic E-state index is 13.0. The number of phosphoric ester groups is 2. The third-order valence-corrected chi connectivity index (χ3v) is 18.2. The first kappa shape index (κ1) is 87.1. The number of hydrogen-bond donors (Lipinski definition) is 3. The van der Waals surface area contributed by atoms with Crippen molar-refractivity contribution in [3.63, 3.8) is 0 Å². The van der Waals surface area contributed by atoms with Gasteiger partial charge in [-0.15, -0.1) is 0 Å². The van der Waals surface area contributed by atoms with E-state index < -0.39 is 97.5 Å². The molecule has 0 amide bonds. The molecule has 0 aliphatic heterocycles. The average molecular weight is 1310 g/mol. The molecule has 528 valence electrons. The van der Waals surface area contributed by atoms with Crippen LogP contribution in [-0.2, 0) is 65.4 Å². The second kappa shape index (κ2) is 63.5. The van der Waals surface area contributed by atoms with E-state index in [1.807, 2.05) is 0 Å². The van der Waals surface area contributed by atoms with Crippen molar-refractivity contribution in [1.82, 2.24) is 0 Å². The largest absolute Gasteiger partial charge is 0.472 e. The quantitative estimate of drug-likeness (QED) is 0.0222. The van der Waals surface area contributed by atoms with Gasteiger partial charge >= 0.3 is 39.5 Å². The molecule has 0 fully saturated rings. The van der Waals surface area contributed by atoms with E-state index in [9.17, 15) is 43.2 Å². The minimum absolute atomic E-state index is 0.107. The molecule has 0 aromatic rings. The highest BCUT2D eigenvalue weighted by atomic mass is 31.2. The molecular weight excluding hydrogens is 1170 g/mol. The summed E-state index contributed by atoms with van der Waals surface area (Å²) in [6.07, 6.45) is 49.8. The predicted molar refractivity (Wildman–Crippen MR) is 358 cm³/mol. The molecule has 0 heterocycles. The van der Waals surface area contributed by atoms with Crippen LogP contribution in [0.25, 0.3) is 0 Å². The molecule has 0 bridgehead atoms. The topological polar surface area (TPSA) is 237 Å². The highest BCUT2D eigenvalue weighted by Gasteiger charge is 2.30. The molecule has 0 spiro atoms. The summed E-state index contributed by atoms with van der Waals surface area (Å²) in [7, 11) is -9.90. The van der Waals surface area contributed by atoms with Gasteiger partial charge in [0.2, 0.25) is 0 Å². The third kappa shape index (κ3) is 64.6. The number of rotatable bonds is 70. The Balaban J connectivity index is 5.24. The summed E-state index contributed by atoms with van der Waals surface area (Å²) in [5.74, 6) is -1.36. The molecule has 0 aliphatic rings. The highest BCUT2D eigenvalue weighted by Crippen LogP contribution is 2.45. The zero-order chi connectivity index (χ0) is 65.6. The molecule has 19 heteroatoms. The van der Waals surface area contributed by atoms with Gasteiger partial charge in [0.05, 0.1) is 26.4 Å². The van der Waals surface area contributed by atoms with Gasteiger partial charge in [0.15, 0.2) is 12.2 Å². The fourth-order valence-electron chi connectivity index (χ4n) is 10.6. The Morgan fingerprint density at radius 3 is 0.764 bits per heavy atom. The van der Waals surface area contributed by atoms with Crippen LogP contribution < -0.4 is 0 Å². The van der Waals surface area contributed by atoms with Gasteiger partial charge in [-0.1, -0.05) is 311 Å². The van der Waals surface area contributed by atoms with Gasteiger partial charge in [0.25, 0.3) is 0 Å². The summed E-state index contributed by atoms with van der Waals surface area (Å²) in [6, 6.07) is 0. The Morgan fingerprint density at radius 1 is 0.303 bits per heavy atom. The molecule has 0 aromatic carbocycles. The first-order valence-electron chi connectivity index (χ1n) is 36.6. The van der Waals surface area contributed by atoms with Gasteiger partial charge in [0, 0.05) is 25.7 Å². The zero-order valence-electron chi connectivity index (χ0n) is 57.6. The minimum atomic E-state index is -4.95. The number of carbonyl (C=O) groups excluding carboxylic acids is 4. The summed E-state index contributed by atoms with van der Waals surface area (Å²) in [6.45, 7) is 7.24. The van der Waals surface area contributed by atoms with Crippen LogP contribution in [-0.4, -0.2) is 96.7 Å². The summed E-state index contributed by atoms with van der Waals surface area (Å²) in [4.78, 5) is 72.5. The van der Waals surface area contributed by atoms with Gasteiger partial charge < -0.3 is 33.8 Å². The Hall–Kier alpha value is -1.94. The van der Waals surface area contributed by atoms with E-state index in [1.165, 1.54) is 186 Å². The molecule has 3 N–H and O–H groups in total. The van der Waals surface area contributed by atoms with Gasteiger partial charge in [-0.3, -0.25) is 37.3 Å². The second-order valence-corrected chi connectivity index (χ2v) is 28.7. The summed E-state index contributed by atoms with van der Waals surface area (Å²) in [5, 5.41) is 10.6. The summed E-state index contributed by atoms with van der Waals surface area (Å²) < 4.78 is 68.3. The Bertz CT molecular complexity index is 1720. The molecule has 0 aromatic heterocycles. The Kier molecular flexibility index (Phi) is 62.1. The van der Waals surface area contributed by atoms with Crippen LogP contribution in [0.2, 0.25) is 0 Å². The number of unbranched alkanes of at least 4 members (excludes halogenated alkanes) is 42. The van der Waals surface area contributed by atoms with Crippen molar-refractivity contribution in [2.75, 3.05) is 39.6 Å². The standard InChI is InChI=1S/C70H136O17P2/c1-6-9-12-15-18-21-24-25-26-27-29-36-41-46-51-56-70(75)87-66(60-81-68(73)54-49-44-39-34-31-30-32-37-42-47-52-63(4)5)62-85-89(78,79)83-58-64(71)57-82-88(76,77)84-61-65(59-80-67(72)53-48-43-38-33-23-20-17-14-11-8-3)86-69(74)55-50-45-40-35-28-22-19-16-13-10-7-2/h63-66,71H,6-62H2,1-5H3,(H,76,77)(H,78,79)/t64-,65+,66+/m0/s1. The molecular formula is C70H136O17P2. The minimum Gasteiger partial charge on any atom is -0.462 e. The fraction of sp³-hybridized carbons (Fsp3) is 0.943. The zero-order valence-corrected chi connectivity index (χ0v) is 59.4. The van der Waals surface area contributed by atoms with Crippen molar-refractivity contribution < 1.29 is 80.2 Å². The normalized spacial score (nSPS) is 14.1. The molecule has 0 saturated carbocycles. The lowest BCUT2D eigenvalue weighted by Gasteiger charge is -2.21. The van der Waals surface area contributed by atoms with Crippen LogP contribution >= 0.6 is 15.6 Å². The van der Waals surface area contributed by atoms with Gasteiger partial charge in [0.1, 0.15) is 19.3 Å². The number of aliphatic hydroxyl groups is 1. The summed E-state index contributed by atoms with van der Waals surface area (Å²) >= 11 is 0. The first-order chi connectivity index (χ1) is 43.0. The molecule has 0 aliphatic carbocycles. The lowest BCUT2D eigenvalue weighted by Crippen LogP contribution is -2.30. The van der Waals surface area contributed by atoms with Crippen LogP contribution in [0.5, 0.6) is 0 Å². The van der Waals surface area contributed by atoms with E-state index in [1.54, 1.807) is 0 Å². The maximum Gasteiger partial charge on any atom is 0.472 e. The lowest BCUT2D eigenvalue weighted by atomic mass is 10.0. The lowest BCUT2D eigenvalue weighted by molar-refractivity contribution is -0.161. The van der Waals surface area contributed by atoms with Crippen molar-refractivity contribution >= 4 is 39.5 Å². The Labute approximate surface area is 543 Å². The van der Waals surface area contributed by atoms with Crippen molar-refractivity contribution in [2.24, 2.45) is 5.92 Å². The smallest absolute Gasteiger partial charge is 0.462 e. The average Bonchev–Trinajstić information content (AvgIpc) is 3.64. The fourth-order valence-corrected chi connectivity index (χ4v) is 12.2. The van der Waals surface area contributed by atoms with Gasteiger partial charge in [-0.2, -0.15) is 0 Å². The second-order valence-electron chi connectivity index (χ2n) is 25.7. The van der Waals surface area contributed by atoms with Crippen molar-refractivity contribution in [1.29, 1.82) is 0 Å². The van der Waals surface area contributed by atoms with E-state index in [4.69, 9.17) is 37.0 Å². The molecule has 0 saturated heterocycles. The highest BCUT2D eigenvalue weighted by molar-refractivity contribution is 7.47. The van der Waals surface area contributed by atoms with Crippen molar-refractivity contribution in [2.45, 2.75) is 380 Å². The molecule has 0 radical (unpaired) electrons. The number of carbonyl (C=O) groups is 4. The molecule has 17 nitrogen and oxygen atoms in total. The maximum absolute atomic E-state index is 13.0. The number of aliphatic hydroxyl groups excluding tert-OH is 1. The molecule has 2 unspecified atom stereocenters. The first-order valence-corrected chi connectivity index (χ1v) is 39.6. The Morgan fingerprint density at radius 2 is 0.517 bits per heavy atom. The van der Waals surface area contributed by atoms with Gasteiger partial charge in [-0.05, 0) is 31.6 Å². The van der Waals surface area contributed by atoms with E-state index in [0.29, 0.717) is 25.7 Å².